The molecule has 2 aliphatic rings. The van der Waals surface area contributed by atoms with Crippen molar-refractivity contribution in [1.82, 2.24) is 24.5 Å². The molecule has 6 rings (SSSR count). The molecule has 182 valence electrons. The first kappa shape index (κ1) is 22.0. The summed E-state index contributed by atoms with van der Waals surface area (Å²) in [5.74, 6) is -2.10. The van der Waals surface area contributed by atoms with Crippen LogP contribution in [0.15, 0.2) is 30.3 Å². The number of hydrogen-bond acceptors (Lipinski definition) is 6. The number of nitrogens with zero attached hydrogens (tertiary/aromatic N) is 5. The van der Waals surface area contributed by atoms with E-state index in [9.17, 15) is 17.6 Å². The monoisotopic (exact) mass is 487 g/mol. The highest BCUT2D eigenvalue weighted by molar-refractivity contribution is 5.96. The van der Waals surface area contributed by atoms with E-state index >= 15 is 0 Å². The van der Waals surface area contributed by atoms with E-state index in [1.165, 1.54) is 12.1 Å². The zero-order valence-corrected chi connectivity index (χ0v) is 19.0. The molecule has 0 radical (unpaired) electrons. The van der Waals surface area contributed by atoms with Gasteiger partial charge in [-0.2, -0.15) is 4.52 Å². The normalized spacial score (nSPS) is 17.0. The van der Waals surface area contributed by atoms with E-state index in [2.05, 4.69) is 29.4 Å². The molecule has 0 aliphatic carbocycles. The van der Waals surface area contributed by atoms with E-state index in [-0.39, 0.29) is 29.0 Å². The van der Waals surface area contributed by atoms with Crippen LogP contribution in [0.25, 0.3) is 16.6 Å². The van der Waals surface area contributed by atoms with Crippen LogP contribution in [0.2, 0.25) is 0 Å². The number of alkyl halides is 4. The van der Waals surface area contributed by atoms with Gasteiger partial charge in [0.2, 0.25) is 0 Å². The van der Waals surface area contributed by atoms with Gasteiger partial charge in [-0.25, -0.2) is 18.7 Å². The number of aryl methyl sites for hydroxylation is 1. The highest BCUT2D eigenvalue weighted by atomic mass is 19.3. The van der Waals surface area contributed by atoms with E-state index in [1.807, 2.05) is 0 Å². The highest BCUT2D eigenvalue weighted by Crippen LogP contribution is 2.45. The number of benzene rings is 2. The van der Waals surface area contributed by atoms with Crippen LogP contribution in [-0.2, 0) is 25.6 Å². The Kier molecular flexibility index (Phi) is 4.73. The lowest BCUT2D eigenvalue weighted by atomic mass is 9.99. The maximum absolute atomic E-state index is 14.4. The van der Waals surface area contributed by atoms with Crippen molar-refractivity contribution in [2.24, 2.45) is 0 Å². The molecular formula is C24H21F4N5O2. The number of fused-ring (bicyclic) bond motifs is 6. The summed E-state index contributed by atoms with van der Waals surface area (Å²) >= 11 is 0. The third kappa shape index (κ3) is 3.65. The molecule has 0 amide bonds. The van der Waals surface area contributed by atoms with Crippen LogP contribution >= 0.6 is 0 Å². The molecule has 2 aromatic heterocycles. The topological polar surface area (TPSA) is 64.8 Å². The number of halogens is 4. The van der Waals surface area contributed by atoms with Crippen molar-refractivity contribution in [3.63, 3.8) is 0 Å². The fourth-order valence-corrected chi connectivity index (χ4v) is 4.78. The van der Waals surface area contributed by atoms with Gasteiger partial charge in [-0.05, 0) is 36.2 Å². The number of hydrogen-bond donors (Lipinski definition) is 0. The minimum atomic E-state index is -3.75. The first-order valence-corrected chi connectivity index (χ1v) is 11.3. The van der Waals surface area contributed by atoms with Crippen molar-refractivity contribution in [1.29, 1.82) is 0 Å². The summed E-state index contributed by atoms with van der Waals surface area (Å²) in [5.41, 5.74) is 2.60. The van der Waals surface area contributed by atoms with E-state index in [0.717, 1.165) is 11.1 Å². The fraction of sp³-hybridized carbons (Fsp3) is 0.375. The summed E-state index contributed by atoms with van der Waals surface area (Å²) in [6, 6.07) is 7.87. The average Bonchev–Trinajstić information content (AvgIpc) is 3.47. The van der Waals surface area contributed by atoms with Crippen LogP contribution in [0.5, 0.6) is 11.5 Å². The van der Waals surface area contributed by atoms with Crippen LogP contribution in [0.4, 0.5) is 17.6 Å². The maximum Gasteiger partial charge on any atom is 0.586 e. The van der Waals surface area contributed by atoms with Crippen molar-refractivity contribution >= 4 is 16.6 Å². The van der Waals surface area contributed by atoms with Gasteiger partial charge in [0.15, 0.2) is 23.0 Å². The Bertz CT molecular complexity index is 1490. The lowest BCUT2D eigenvalue weighted by Gasteiger charge is -2.16. The summed E-state index contributed by atoms with van der Waals surface area (Å²) in [4.78, 5) is 11.1. The van der Waals surface area contributed by atoms with Gasteiger partial charge in [0, 0.05) is 30.5 Å². The van der Waals surface area contributed by atoms with Gasteiger partial charge in [-0.1, -0.05) is 25.5 Å². The summed E-state index contributed by atoms with van der Waals surface area (Å²) in [6.45, 7) is 4.93. The zero-order chi connectivity index (χ0) is 24.5. The molecular weight excluding hydrogens is 466 g/mol. The van der Waals surface area contributed by atoms with Gasteiger partial charge in [0.05, 0.1) is 6.54 Å². The summed E-state index contributed by atoms with van der Waals surface area (Å²) in [6.07, 6.45) is -3.52. The second-order valence-corrected chi connectivity index (χ2v) is 8.96. The van der Waals surface area contributed by atoms with Crippen LogP contribution in [-0.4, -0.2) is 30.8 Å². The Morgan fingerprint density at radius 2 is 1.86 bits per heavy atom. The third-order valence-electron chi connectivity index (χ3n) is 6.36. The smallest absolute Gasteiger partial charge is 0.395 e. The molecule has 0 fully saturated rings. The Balaban J connectivity index is 1.29. The van der Waals surface area contributed by atoms with Crippen molar-refractivity contribution in [3.05, 3.63) is 58.7 Å². The third-order valence-corrected chi connectivity index (χ3v) is 6.36. The Labute approximate surface area is 197 Å². The molecule has 0 bridgehead atoms. The van der Waals surface area contributed by atoms with Crippen molar-refractivity contribution < 1.29 is 27.0 Å². The number of ether oxygens (including phenoxy) is 2. The first-order valence-electron chi connectivity index (χ1n) is 11.3. The minimum absolute atomic E-state index is 0.0447. The SMILES string of the molecule is CCCC(F)(F)c1ccc2c(c1)CN(Cc1nc3c4ccc5c(c4nc(C)n3n1)OC(F)(F)O5)C2. The first-order chi connectivity index (χ1) is 16.6. The molecule has 0 atom stereocenters. The molecule has 2 aromatic carbocycles. The van der Waals surface area contributed by atoms with Crippen molar-refractivity contribution in [3.8, 4) is 11.5 Å². The summed E-state index contributed by atoms with van der Waals surface area (Å²) < 4.78 is 66.7. The molecule has 0 saturated carbocycles. The molecule has 11 heteroatoms. The average molecular weight is 487 g/mol. The summed E-state index contributed by atoms with van der Waals surface area (Å²) in [7, 11) is 0. The van der Waals surface area contributed by atoms with Crippen molar-refractivity contribution in [2.75, 3.05) is 0 Å². The molecule has 4 aromatic rings. The second-order valence-electron chi connectivity index (χ2n) is 8.96. The van der Waals surface area contributed by atoms with Crippen LogP contribution < -0.4 is 9.47 Å². The summed E-state index contributed by atoms with van der Waals surface area (Å²) in [5, 5.41) is 5.05. The molecule has 35 heavy (non-hydrogen) atoms. The van der Waals surface area contributed by atoms with E-state index < -0.39 is 12.2 Å². The van der Waals surface area contributed by atoms with Gasteiger partial charge < -0.3 is 9.47 Å². The maximum atomic E-state index is 14.4. The van der Waals surface area contributed by atoms with Crippen molar-refractivity contribution in [2.45, 2.75) is 58.5 Å². The molecule has 7 nitrogen and oxygen atoms in total. The predicted molar refractivity (Wildman–Crippen MR) is 117 cm³/mol. The minimum Gasteiger partial charge on any atom is -0.395 e. The predicted octanol–water partition coefficient (Wildman–Crippen LogP) is 5.32. The molecule has 0 spiro atoms. The second kappa shape index (κ2) is 7.51. The molecule has 0 unspecified atom stereocenters. The van der Waals surface area contributed by atoms with E-state index in [1.54, 1.807) is 36.6 Å². The lowest BCUT2D eigenvalue weighted by molar-refractivity contribution is -0.286. The molecule has 0 saturated heterocycles. The van der Waals surface area contributed by atoms with Gasteiger partial charge in [0.25, 0.3) is 5.92 Å². The van der Waals surface area contributed by atoms with Gasteiger partial charge in [-0.3, -0.25) is 4.90 Å². The van der Waals surface area contributed by atoms with Crippen LogP contribution in [0.1, 0.15) is 48.1 Å². The van der Waals surface area contributed by atoms with Crippen LogP contribution in [0.3, 0.4) is 0 Å². The Morgan fingerprint density at radius 3 is 2.66 bits per heavy atom. The van der Waals surface area contributed by atoms with Gasteiger partial charge in [0.1, 0.15) is 11.3 Å². The quantitative estimate of drug-likeness (QED) is 0.356. The lowest BCUT2D eigenvalue weighted by Crippen LogP contribution is -2.26. The number of aromatic nitrogens is 4. The van der Waals surface area contributed by atoms with E-state index in [4.69, 9.17) is 0 Å². The van der Waals surface area contributed by atoms with Gasteiger partial charge in [-0.15, -0.1) is 13.9 Å². The molecule has 2 aliphatic heterocycles. The standard InChI is InChI=1S/C24H21F4N5O2/c1-3-8-23(25,26)16-5-4-14-10-32(11-15(14)9-16)12-19-30-22-17-6-7-18-21(35-24(27,28)34-18)20(17)29-13(2)33(22)31-19/h4-7,9H,3,8,10-12H2,1-2H3. The van der Waals surface area contributed by atoms with E-state index in [0.29, 0.717) is 48.7 Å². The molecule has 4 heterocycles. The Morgan fingerprint density at radius 1 is 1.06 bits per heavy atom. The molecule has 0 N–H and O–H groups in total. The zero-order valence-electron chi connectivity index (χ0n) is 19.0. The largest absolute Gasteiger partial charge is 0.586 e. The van der Waals surface area contributed by atoms with Crippen LogP contribution in [0, 0.1) is 6.92 Å². The highest BCUT2D eigenvalue weighted by Gasteiger charge is 2.45. The number of rotatable bonds is 5. The van der Waals surface area contributed by atoms with Gasteiger partial charge >= 0.3 is 6.29 Å². The Hall–Kier alpha value is -3.47. The fourth-order valence-electron chi connectivity index (χ4n) is 4.78.